The maximum atomic E-state index is 13.4. The summed E-state index contributed by atoms with van der Waals surface area (Å²) in [7, 11) is 1.18. The van der Waals surface area contributed by atoms with Crippen LogP contribution in [0.2, 0.25) is 4.34 Å². The number of ether oxygens (including phenoxy) is 1. The average Bonchev–Trinajstić information content (AvgIpc) is 3.34. The van der Waals surface area contributed by atoms with Crippen molar-refractivity contribution >= 4 is 92.2 Å². The highest BCUT2D eigenvalue weighted by Gasteiger charge is 2.54. The third-order valence-corrected chi connectivity index (χ3v) is 9.69. The Labute approximate surface area is 285 Å². The minimum absolute atomic E-state index is 0.0426. The molecular weight excluding hydrogens is 696 g/mol. The predicted octanol–water partition coefficient (Wildman–Crippen LogP) is 3.33. The molecule has 0 aliphatic carbocycles. The minimum atomic E-state index is -1.38. The van der Waals surface area contributed by atoms with Crippen molar-refractivity contribution in [2.75, 3.05) is 18.2 Å². The quantitative estimate of drug-likeness (QED) is 0.158. The summed E-state index contributed by atoms with van der Waals surface area (Å²) in [6.07, 6.45) is -0.828. The third kappa shape index (κ3) is 8.43. The number of benzene rings is 1. The van der Waals surface area contributed by atoms with E-state index in [4.69, 9.17) is 21.2 Å². The van der Waals surface area contributed by atoms with Gasteiger partial charge in [-0.1, -0.05) is 70.2 Å². The Morgan fingerprint density at radius 3 is 2.47 bits per heavy atom. The smallest absolute Gasteiger partial charge is 0.408 e. The van der Waals surface area contributed by atoms with Gasteiger partial charge in [-0.05, 0) is 26.3 Å². The SMILES string of the molecule is CON=C(C(=O)NC1C(=O)N2C(C(=O)O)=C(SC(C)=O)CSC12)c1nc(NC(=O)[C@@H](NC(=O)OC(C)(C)C)c2ccccc2)sc1Cl. The van der Waals surface area contributed by atoms with Crippen LogP contribution in [0.1, 0.15) is 45.0 Å². The van der Waals surface area contributed by atoms with E-state index in [9.17, 15) is 33.9 Å². The molecule has 15 nitrogen and oxygen atoms in total. The van der Waals surface area contributed by atoms with Gasteiger partial charge in [0.25, 0.3) is 17.7 Å². The number of fused-ring (bicyclic) bond motifs is 1. The summed E-state index contributed by atoms with van der Waals surface area (Å²) in [5.74, 6) is -3.53. The normalized spacial score (nSPS) is 18.4. The minimum Gasteiger partial charge on any atom is -0.477 e. The second-order valence-electron chi connectivity index (χ2n) is 10.8. The number of halogens is 1. The number of anilines is 1. The van der Waals surface area contributed by atoms with Crippen molar-refractivity contribution in [1.82, 2.24) is 20.5 Å². The molecule has 3 heterocycles. The van der Waals surface area contributed by atoms with E-state index in [0.29, 0.717) is 5.56 Å². The highest BCUT2D eigenvalue weighted by Crippen LogP contribution is 2.43. The Balaban J connectivity index is 1.51. The Bertz CT molecular complexity index is 1670. The highest BCUT2D eigenvalue weighted by atomic mass is 35.5. The van der Waals surface area contributed by atoms with Crippen molar-refractivity contribution in [1.29, 1.82) is 0 Å². The van der Waals surface area contributed by atoms with Gasteiger partial charge in [0.05, 0.1) is 0 Å². The summed E-state index contributed by atoms with van der Waals surface area (Å²) >= 11 is 9.13. The van der Waals surface area contributed by atoms with Gasteiger partial charge in [-0.3, -0.25) is 29.4 Å². The van der Waals surface area contributed by atoms with Crippen molar-refractivity contribution in [3.63, 3.8) is 0 Å². The van der Waals surface area contributed by atoms with Gasteiger partial charge in [-0.2, -0.15) is 0 Å². The van der Waals surface area contributed by atoms with Crippen LogP contribution in [0.4, 0.5) is 9.93 Å². The number of carbonyl (C=O) groups excluding carboxylic acids is 5. The van der Waals surface area contributed by atoms with Gasteiger partial charge < -0.3 is 25.3 Å². The first kappa shape index (κ1) is 35.7. The average molecular weight is 725 g/mol. The van der Waals surface area contributed by atoms with Crippen molar-refractivity contribution in [2.45, 2.75) is 50.8 Å². The Morgan fingerprint density at radius 2 is 1.87 bits per heavy atom. The second-order valence-corrected chi connectivity index (χ2v) is 14.8. The van der Waals surface area contributed by atoms with E-state index in [1.165, 1.54) is 25.8 Å². The number of thiazole rings is 1. The maximum absolute atomic E-state index is 13.4. The first-order valence-corrected chi connectivity index (χ1v) is 16.7. The van der Waals surface area contributed by atoms with Gasteiger partial charge in [0.1, 0.15) is 45.9 Å². The molecule has 0 radical (unpaired) electrons. The summed E-state index contributed by atoms with van der Waals surface area (Å²) < 4.78 is 5.25. The lowest BCUT2D eigenvalue weighted by Gasteiger charge is -2.49. The zero-order chi connectivity index (χ0) is 34.6. The first-order chi connectivity index (χ1) is 22.1. The molecule has 2 unspecified atom stereocenters. The van der Waals surface area contributed by atoms with Crippen LogP contribution in [0.5, 0.6) is 0 Å². The Kier molecular flexibility index (Phi) is 11.2. The molecule has 47 heavy (non-hydrogen) atoms. The van der Waals surface area contributed by atoms with Gasteiger partial charge in [0.2, 0.25) is 0 Å². The number of amides is 4. The fraction of sp³-hybridized carbons (Fsp3) is 0.357. The van der Waals surface area contributed by atoms with Crippen LogP contribution in [0, 0.1) is 0 Å². The summed E-state index contributed by atoms with van der Waals surface area (Å²) in [6.45, 7) is 6.33. The van der Waals surface area contributed by atoms with Crippen LogP contribution in [-0.2, 0) is 33.5 Å². The van der Waals surface area contributed by atoms with Crippen molar-refractivity contribution in [3.8, 4) is 0 Å². The number of hydrogen-bond donors (Lipinski definition) is 4. The number of carboxylic acid groups (broad SMARTS) is 1. The number of aromatic nitrogens is 1. The number of thioether (sulfide) groups is 2. The molecule has 4 rings (SSSR count). The van der Waals surface area contributed by atoms with Crippen LogP contribution in [0.15, 0.2) is 46.1 Å². The number of β-lactam (4-membered cyclic amide) rings is 1. The zero-order valence-electron chi connectivity index (χ0n) is 25.5. The molecule has 1 aromatic heterocycles. The highest BCUT2D eigenvalue weighted by molar-refractivity contribution is 8.17. The zero-order valence-corrected chi connectivity index (χ0v) is 28.7. The lowest BCUT2D eigenvalue weighted by atomic mass is 10.0. The molecule has 2 aliphatic rings. The van der Waals surface area contributed by atoms with Crippen LogP contribution >= 0.6 is 46.5 Å². The van der Waals surface area contributed by atoms with Crippen LogP contribution in [0.25, 0.3) is 0 Å². The van der Waals surface area contributed by atoms with Crippen molar-refractivity contribution in [2.24, 2.45) is 5.16 Å². The third-order valence-electron chi connectivity index (χ3n) is 6.18. The van der Waals surface area contributed by atoms with E-state index < -0.39 is 58.6 Å². The van der Waals surface area contributed by atoms with E-state index in [1.54, 1.807) is 51.1 Å². The summed E-state index contributed by atoms with van der Waals surface area (Å²) in [5, 5.41) is 20.0. The number of rotatable bonds is 10. The summed E-state index contributed by atoms with van der Waals surface area (Å²) in [4.78, 5) is 86.2. The molecule has 0 bridgehead atoms. The van der Waals surface area contributed by atoms with Crippen LogP contribution in [-0.4, -0.2) is 85.5 Å². The van der Waals surface area contributed by atoms with E-state index in [2.05, 4.69) is 26.1 Å². The van der Waals surface area contributed by atoms with E-state index in [0.717, 1.165) is 28.0 Å². The summed E-state index contributed by atoms with van der Waals surface area (Å²) in [5.41, 5.74) is -1.27. The molecule has 2 aromatic rings. The fourth-order valence-electron chi connectivity index (χ4n) is 4.39. The lowest BCUT2D eigenvalue weighted by Crippen LogP contribution is -2.71. The number of alkyl carbamates (subject to hydrolysis) is 1. The first-order valence-electron chi connectivity index (χ1n) is 13.6. The van der Waals surface area contributed by atoms with Crippen LogP contribution in [0.3, 0.4) is 0 Å². The second kappa shape index (κ2) is 14.7. The van der Waals surface area contributed by atoms with E-state index >= 15 is 0 Å². The van der Waals surface area contributed by atoms with Gasteiger partial charge >= 0.3 is 12.1 Å². The largest absolute Gasteiger partial charge is 0.477 e. The number of aliphatic carboxylic acids is 1. The number of carbonyl (C=O) groups is 6. The number of nitrogens with one attached hydrogen (secondary N) is 3. The molecule has 1 fully saturated rings. The molecule has 4 N–H and O–H groups in total. The maximum Gasteiger partial charge on any atom is 0.408 e. The molecule has 19 heteroatoms. The van der Waals surface area contributed by atoms with E-state index in [-0.39, 0.29) is 36.6 Å². The molecule has 3 atom stereocenters. The van der Waals surface area contributed by atoms with E-state index in [1.807, 2.05) is 0 Å². The van der Waals surface area contributed by atoms with Gasteiger partial charge in [0.15, 0.2) is 16.0 Å². The molecule has 1 aromatic carbocycles. The standard InChI is InChI=1S/C28H29ClN6O9S3/c1-12(36)46-14-11-45-24-18(23(39)35(24)19(14)25(40)41)30-22(38)17(34-43-5)16-20(29)47-26(31-16)33-21(37)15(13-9-7-6-8-10-13)32-27(42)44-28(2,3)4/h6-10,15,18,24H,11H2,1-5H3,(H,30,38)(H,32,42)(H,40,41)(H,31,33,37)/t15-,18?,24?/m0/s1. The molecule has 4 amide bonds. The Morgan fingerprint density at radius 1 is 1.19 bits per heavy atom. The summed E-state index contributed by atoms with van der Waals surface area (Å²) in [6, 6.07) is 6.09. The molecule has 2 aliphatic heterocycles. The monoisotopic (exact) mass is 724 g/mol. The predicted molar refractivity (Wildman–Crippen MR) is 176 cm³/mol. The van der Waals surface area contributed by atoms with Crippen LogP contribution < -0.4 is 16.0 Å². The van der Waals surface area contributed by atoms with Gasteiger partial charge in [-0.25, -0.2) is 14.6 Å². The molecule has 1 saturated heterocycles. The molecule has 0 spiro atoms. The Hall–Kier alpha value is -4.13. The lowest BCUT2D eigenvalue weighted by molar-refractivity contribution is -0.150. The van der Waals surface area contributed by atoms with Crippen molar-refractivity contribution < 1.29 is 43.4 Å². The van der Waals surface area contributed by atoms with Gasteiger partial charge in [-0.15, -0.1) is 11.8 Å². The number of carboxylic acids is 1. The molecular formula is C28H29ClN6O9S3. The number of hydrogen-bond acceptors (Lipinski definition) is 13. The molecule has 250 valence electrons. The fourth-order valence-corrected chi connectivity index (χ4v) is 7.70. The van der Waals surface area contributed by atoms with Gasteiger partial charge in [0, 0.05) is 17.6 Å². The van der Waals surface area contributed by atoms with Crippen molar-refractivity contribution in [3.05, 3.63) is 56.5 Å². The number of oxime groups is 1. The number of nitrogens with zero attached hydrogens (tertiary/aromatic N) is 3. The topological polar surface area (TPSA) is 206 Å². The molecule has 0 saturated carbocycles.